The summed E-state index contributed by atoms with van der Waals surface area (Å²) >= 11 is 0. The number of nitrogens with zero attached hydrogens (tertiary/aromatic N) is 1. The second kappa shape index (κ2) is 5.99. The van der Waals surface area contributed by atoms with Crippen LogP contribution in [0.25, 0.3) is 0 Å². The van der Waals surface area contributed by atoms with Crippen LogP contribution in [0.15, 0.2) is 0 Å². The number of aliphatic hydroxyl groups excluding tert-OH is 1. The van der Waals surface area contributed by atoms with Gasteiger partial charge in [-0.1, -0.05) is 19.3 Å². The van der Waals surface area contributed by atoms with Crippen molar-refractivity contribution in [3.05, 3.63) is 0 Å². The van der Waals surface area contributed by atoms with E-state index in [1.54, 1.807) is 0 Å². The fraction of sp³-hybridized carbons (Fsp3) is 1.00. The minimum atomic E-state index is -0.0851. The van der Waals surface area contributed by atoms with E-state index in [0.717, 1.165) is 13.0 Å². The smallest absolute Gasteiger partial charge is 0.0695 e. The summed E-state index contributed by atoms with van der Waals surface area (Å²) in [7, 11) is 2.05. The molecule has 1 saturated carbocycles. The lowest BCUT2D eigenvalue weighted by molar-refractivity contribution is 0.0272. The Balaban J connectivity index is 1.93. The van der Waals surface area contributed by atoms with Gasteiger partial charge in [-0.15, -0.1) is 0 Å². The van der Waals surface area contributed by atoms with Crippen molar-refractivity contribution in [3.63, 3.8) is 0 Å². The lowest BCUT2D eigenvalue weighted by Crippen LogP contribution is -2.52. The van der Waals surface area contributed by atoms with Crippen LogP contribution in [0.1, 0.15) is 44.9 Å². The zero-order chi connectivity index (χ0) is 11.4. The van der Waals surface area contributed by atoms with E-state index >= 15 is 0 Å². The molecule has 1 saturated heterocycles. The lowest BCUT2D eigenvalue weighted by atomic mass is 9.98. The van der Waals surface area contributed by atoms with E-state index in [-0.39, 0.29) is 6.10 Å². The standard InChI is InChI=1S/C13H26N2O/c1-14-11-6-5-9-15(10-11)12-7-3-2-4-8-13(12)16/h11-14,16H,2-10H2,1H3. The first-order valence-electron chi connectivity index (χ1n) is 6.90. The second-order valence-corrected chi connectivity index (χ2v) is 5.40. The third-order valence-electron chi connectivity index (χ3n) is 4.27. The Labute approximate surface area is 99.2 Å². The SMILES string of the molecule is CNC1CCCN(C2CCCCCC2O)C1. The highest BCUT2D eigenvalue weighted by atomic mass is 16.3. The first kappa shape index (κ1) is 12.3. The molecular formula is C13H26N2O. The number of aliphatic hydroxyl groups is 1. The Morgan fingerprint density at radius 1 is 1.06 bits per heavy atom. The number of hydrogen-bond acceptors (Lipinski definition) is 3. The van der Waals surface area contributed by atoms with Gasteiger partial charge in [-0.2, -0.15) is 0 Å². The monoisotopic (exact) mass is 226 g/mol. The molecule has 2 rings (SSSR count). The predicted molar refractivity (Wildman–Crippen MR) is 66.5 cm³/mol. The van der Waals surface area contributed by atoms with Gasteiger partial charge >= 0.3 is 0 Å². The Morgan fingerprint density at radius 2 is 1.88 bits per heavy atom. The summed E-state index contributed by atoms with van der Waals surface area (Å²) in [6.07, 6.45) is 8.48. The third kappa shape index (κ3) is 2.96. The lowest BCUT2D eigenvalue weighted by Gasteiger charge is -2.39. The van der Waals surface area contributed by atoms with Gasteiger partial charge in [-0.25, -0.2) is 0 Å². The van der Waals surface area contributed by atoms with E-state index in [4.69, 9.17) is 0 Å². The summed E-state index contributed by atoms with van der Waals surface area (Å²) in [5.74, 6) is 0. The molecule has 2 N–H and O–H groups in total. The molecule has 0 amide bonds. The quantitative estimate of drug-likeness (QED) is 0.698. The molecule has 0 aromatic heterocycles. The highest BCUT2D eigenvalue weighted by Gasteiger charge is 2.30. The molecule has 16 heavy (non-hydrogen) atoms. The van der Waals surface area contributed by atoms with E-state index < -0.39 is 0 Å². The zero-order valence-electron chi connectivity index (χ0n) is 10.5. The van der Waals surface area contributed by atoms with E-state index in [2.05, 4.69) is 17.3 Å². The number of piperidine rings is 1. The average molecular weight is 226 g/mol. The van der Waals surface area contributed by atoms with Crippen LogP contribution in [-0.4, -0.2) is 48.3 Å². The first-order chi connectivity index (χ1) is 7.81. The van der Waals surface area contributed by atoms with E-state index in [0.29, 0.717) is 12.1 Å². The van der Waals surface area contributed by atoms with Crippen LogP contribution >= 0.6 is 0 Å². The van der Waals surface area contributed by atoms with Crippen LogP contribution in [-0.2, 0) is 0 Å². The molecule has 0 aromatic carbocycles. The van der Waals surface area contributed by atoms with Crippen LogP contribution < -0.4 is 5.32 Å². The summed E-state index contributed by atoms with van der Waals surface area (Å²) in [6, 6.07) is 1.06. The molecule has 94 valence electrons. The van der Waals surface area contributed by atoms with E-state index in [1.807, 2.05) is 0 Å². The van der Waals surface area contributed by atoms with Gasteiger partial charge in [0.25, 0.3) is 0 Å². The van der Waals surface area contributed by atoms with Crippen molar-refractivity contribution < 1.29 is 5.11 Å². The topological polar surface area (TPSA) is 35.5 Å². The molecule has 3 heteroatoms. The normalized spacial score (nSPS) is 38.2. The van der Waals surface area contributed by atoms with Crippen LogP contribution in [0.5, 0.6) is 0 Å². The highest BCUT2D eigenvalue weighted by Crippen LogP contribution is 2.25. The largest absolute Gasteiger partial charge is 0.391 e. The van der Waals surface area contributed by atoms with Crippen LogP contribution in [0.3, 0.4) is 0 Å². The Kier molecular flexibility index (Phi) is 4.62. The van der Waals surface area contributed by atoms with Crippen molar-refractivity contribution in [2.45, 2.75) is 63.1 Å². The molecule has 1 aliphatic heterocycles. The second-order valence-electron chi connectivity index (χ2n) is 5.40. The van der Waals surface area contributed by atoms with Crippen molar-refractivity contribution in [3.8, 4) is 0 Å². The predicted octanol–water partition coefficient (Wildman–Crippen LogP) is 1.36. The van der Waals surface area contributed by atoms with Crippen LogP contribution in [0, 0.1) is 0 Å². The van der Waals surface area contributed by atoms with Gasteiger partial charge < -0.3 is 10.4 Å². The molecule has 3 atom stereocenters. The van der Waals surface area contributed by atoms with Crippen molar-refractivity contribution in [2.75, 3.05) is 20.1 Å². The molecule has 3 unspecified atom stereocenters. The van der Waals surface area contributed by atoms with Crippen molar-refractivity contribution in [2.24, 2.45) is 0 Å². The molecule has 0 radical (unpaired) electrons. The maximum absolute atomic E-state index is 10.2. The average Bonchev–Trinajstić information content (AvgIpc) is 2.54. The zero-order valence-corrected chi connectivity index (χ0v) is 10.5. The third-order valence-corrected chi connectivity index (χ3v) is 4.27. The van der Waals surface area contributed by atoms with Crippen molar-refractivity contribution in [1.29, 1.82) is 0 Å². The molecule has 0 bridgehead atoms. The van der Waals surface area contributed by atoms with Crippen molar-refractivity contribution in [1.82, 2.24) is 10.2 Å². The van der Waals surface area contributed by atoms with Gasteiger partial charge in [0.15, 0.2) is 0 Å². The van der Waals surface area contributed by atoms with Gasteiger partial charge in [-0.05, 0) is 39.3 Å². The molecule has 3 nitrogen and oxygen atoms in total. The van der Waals surface area contributed by atoms with Crippen molar-refractivity contribution >= 4 is 0 Å². The molecule has 2 aliphatic rings. The molecule has 2 fully saturated rings. The molecule has 0 aromatic rings. The minimum absolute atomic E-state index is 0.0851. The van der Waals surface area contributed by atoms with E-state index in [1.165, 1.54) is 45.1 Å². The maximum Gasteiger partial charge on any atom is 0.0695 e. The van der Waals surface area contributed by atoms with Gasteiger partial charge in [0, 0.05) is 18.6 Å². The molecular weight excluding hydrogens is 200 g/mol. The summed E-state index contributed by atoms with van der Waals surface area (Å²) < 4.78 is 0. The number of rotatable bonds is 2. The fourth-order valence-electron chi connectivity index (χ4n) is 3.24. The number of likely N-dealkylation sites (tertiary alicyclic amines) is 1. The Hall–Kier alpha value is -0.120. The molecule has 1 aliphatic carbocycles. The maximum atomic E-state index is 10.2. The Morgan fingerprint density at radius 3 is 2.69 bits per heavy atom. The first-order valence-corrected chi connectivity index (χ1v) is 6.90. The van der Waals surface area contributed by atoms with Crippen LogP contribution in [0.4, 0.5) is 0 Å². The van der Waals surface area contributed by atoms with Gasteiger partial charge in [0.1, 0.15) is 0 Å². The summed E-state index contributed by atoms with van der Waals surface area (Å²) in [4.78, 5) is 2.53. The molecule has 1 heterocycles. The van der Waals surface area contributed by atoms with Gasteiger partial charge in [-0.3, -0.25) is 4.90 Å². The van der Waals surface area contributed by atoms with E-state index in [9.17, 15) is 5.11 Å². The highest BCUT2D eigenvalue weighted by molar-refractivity contribution is 4.87. The minimum Gasteiger partial charge on any atom is -0.391 e. The molecule has 0 spiro atoms. The summed E-state index contributed by atoms with van der Waals surface area (Å²) in [5, 5.41) is 13.6. The summed E-state index contributed by atoms with van der Waals surface area (Å²) in [6.45, 7) is 2.30. The number of likely N-dealkylation sites (N-methyl/N-ethyl adjacent to an activating group) is 1. The summed E-state index contributed by atoms with van der Waals surface area (Å²) in [5.41, 5.74) is 0. The fourth-order valence-corrected chi connectivity index (χ4v) is 3.24. The van der Waals surface area contributed by atoms with Crippen LogP contribution in [0.2, 0.25) is 0 Å². The number of hydrogen-bond donors (Lipinski definition) is 2. The Bertz CT molecular complexity index is 210. The van der Waals surface area contributed by atoms with Gasteiger partial charge in [0.05, 0.1) is 6.10 Å². The van der Waals surface area contributed by atoms with Gasteiger partial charge in [0.2, 0.25) is 0 Å². The number of nitrogens with one attached hydrogen (secondary N) is 1.